The molecule has 130 valence electrons. The van der Waals surface area contributed by atoms with Crippen LogP contribution in [0.25, 0.3) is 11.1 Å². The van der Waals surface area contributed by atoms with Crippen LogP contribution in [0.3, 0.4) is 0 Å². The maximum atomic E-state index is 12.8. The number of rotatable bonds is 3. The first-order valence-electron chi connectivity index (χ1n) is 8.56. The average molecular weight is 345 g/mol. The Balaban J connectivity index is 1.53. The molecule has 3 aromatic rings. The van der Waals surface area contributed by atoms with E-state index >= 15 is 0 Å². The van der Waals surface area contributed by atoms with Crippen LogP contribution in [0.5, 0.6) is 5.75 Å². The van der Waals surface area contributed by atoms with Gasteiger partial charge in [0.15, 0.2) is 0 Å². The second-order valence-electron chi connectivity index (χ2n) is 6.28. The predicted molar refractivity (Wildman–Crippen MR) is 98.9 cm³/mol. The van der Waals surface area contributed by atoms with Crippen molar-refractivity contribution in [2.45, 2.75) is 13.0 Å². The Morgan fingerprint density at radius 2 is 1.96 bits per heavy atom. The molecule has 0 bridgehead atoms. The molecule has 5 nitrogen and oxygen atoms in total. The second kappa shape index (κ2) is 6.96. The third-order valence-electron chi connectivity index (χ3n) is 4.68. The highest BCUT2D eigenvalue weighted by atomic mass is 16.5. The summed E-state index contributed by atoms with van der Waals surface area (Å²) in [6, 6.07) is 15.6. The minimum atomic E-state index is 0.0386. The zero-order valence-corrected chi connectivity index (χ0v) is 14.6. The molecule has 4 rings (SSSR count). The largest absolute Gasteiger partial charge is 0.497 e. The van der Waals surface area contributed by atoms with Gasteiger partial charge >= 0.3 is 0 Å². The van der Waals surface area contributed by atoms with E-state index in [1.54, 1.807) is 19.6 Å². The summed E-state index contributed by atoms with van der Waals surface area (Å²) in [6.07, 6.45) is 4.13. The molecule has 1 aromatic heterocycles. The highest BCUT2D eigenvalue weighted by Gasteiger charge is 2.22. The van der Waals surface area contributed by atoms with E-state index in [1.165, 1.54) is 0 Å². The van der Waals surface area contributed by atoms with Crippen molar-refractivity contribution in [2.75, 3.05) is 13.7 Å². The standard InChI is InChI=1S/C21H19N3O2/c1-26-19-4-2-3-17(11-19)15-5-7-16(8-6-15)21(25)24-10-9-20-18(13-24)12-22-14-23-20/h2-8,11-12,14H,9-10,13H2,1H3. The third-order valence-corrected chi connectivity index (χ3v) is 4.68. The first-order chi connectivity index (χ1) is 12.7. The molecular weight excluding hydrogens is 326 g/mol. The highest BCUT2D eigenvalue weighted by molar-refractivity contribution is 5.94. The molecule has 0 atom stereocenters. The number of amides is 1. The lowest BCUT2D eigenvalue weighted by molar-refractivity contribution is 0.0733. The van der Waals surface area contributed by atoms with Crippen molar-refractivity contribution in [1.82, 2.24) is 14.9 Å². The maximum absolute atomic E-state index is 12.8. The van der Waals surface area contributed by atoms with Crippen LogP contribution in [0.1, 0.15) is 21.6 Å². The molecule has 1 aliphatic heterocycles. The van der Waals surface area contributed by atoms with Crippen LogP contribution >= 0.6 is 0 Å². The van der Waals surface area contributed by atoms with Crippen molar-refractivity contribution in [3.8, 4) is 16.9 Å². The zero-order valence-electron chi connectivity index (χ0n) is 14.6. The number of carbonyl (C=O) groups is 1. The topological polar surface area (TPSA) is 55.3 Å². The third kappa shape index (κ3) is 3.16. The number of aromatic nitrogens is 2. The Hall–Kier alpha value is -3.21. The van der Waals surface area contributed by atoms with Gasteiger partial charge in [0.1, 0.15) is 12.1 Å². The summed E-state index contributed by atoms with van der Waals surface area (Å²) in [4.78, 5) is 23.0. The monoisotopic (exact) mass is 345 g/mol. The predicted octanol–water partition coefficient (Wildman–Crippen LogP) is 3.35. The fourth-order valence-electron chi connectivity index (χ4n) is 3.23. The van der Waals surface area contributed by atoms with E-state index in [2.05, 4.69) is 9.97 Å². The molecule has 0 aliphatic carbocycles. The highest BCUT2D eigenvalue weighted by Crippen LogP contribution is 2.25. The van der Waals surface area contributed by atoms with Crippen molar-refractivity contribution >= 4 is 5.91 Å². The molecule has 0 radical (unpaired) electrons. The lowest BCUT2D eigenvalue weighted by Gasteiger charge is -2.28. The minimum Gasteiger partial charge on any atom is -0.497 e. The Morgan fingerprint density at radius 1 is 1.12 bits per heavy atom. The van der Waals surface area contributed by atoms with Gasteiger partial charge in [0.2, 0.25) is 0 Å². The minimum absolute atomic E-state index is 0.0386. The zero-order chi connectivity index (χ0) is 17.9. The van der Waals surface area contributed by atoms with Crippen molar-refractivity contribution in [1.29, 1.82) is 0 Å². The van der Waals surface area contributed by atoms with Gasteiger partial charge in [0.25, 0.3) is 5.91 Å². The molecule has 1 amide bonds. The van der Waals surface area contributed by atoms with Gasteiger partial charge in [-0.05, 0) is 35.4 Å². The van der Waals surface area contributed by atoms with E-state index in [1.807, 2.05) is 53.4 Å². The Labute approximate surface area is 152 Å². The molecule has 1 aliphatic rings. The number of fused-ring (bicyclic) bond motifs is 1. The SMILES string of the molecule is COc1cccc(-c2ccc(C(=O)N3CCc4ncncc4C3)cc2)c1. The molecule has 0 saturated heterocycles. The van der Waals surface area contributed by atoms with E-state index in [4.69, 9.17) is 4.74 Å². The van der Waals surface area contributed by atoms with Crippen LogP contribution in [0.15, 0.2) is 61.1 Å². The summed E-state index contributed by atoms with van der Waals surface area (Å²) in [7, 11) is 1.66. The van der Waals surface area contributed by atoms with Gasteiger partial charge in [-0.1, -0.05) is 24.3 Å². The van der Waals surface area contributed by atoms with E-state index in [0.29, 0.717) is 18.7 Å². The Morgan fingerprint density at radius 3 is 2.77 bits per heavy atom. The van der Waals surface area contributed by atoms with Crippen LogP contribution in [-0.4, -0.2) is 34.4 Å². The Kier molecular flexibility index (Phi) is 4.35. The summed E-state index contributed by atoms with van der Waals surface area (Å²) in [5, 5.41) is 0. The van der Waals surface area contributed by atoms with Gasteiger partial charge in [-0.15, -0.1) is 0 Å². The number of benzene rings is 2. The molecule has 5 heteroatoms. The molecule has 0 spiro atoms. The van der Waals surface area contributed by atoms with Crippen LogP contribution in [-0.2, 0) is 13.0 Å². The van der Waals surface area contributed by atoms with Crippen molar-refractivity contribution in [3.05, 3.63) is 77.9 Å². The molecular formula is C21H19N3O2. The van der Waals surface area contributed by atoms with E-state index < -0.39 is 0 Å². The molecule has 26 heavy (non-hydrogen) atoms. The van der Waals surface area contributed by atoms with Crippen LogP contribution in [0.2, 0.25) is 0 Å². The maximum Gasteiger partial charge on any atom is 0.254 e. The van der Waals surface area contributed by atoms with Crippen molar-refractivity contribution in [3.63, 3.8) is 0 Å². The lowest BCUT2D eigenvalue weighted by atomic mass is 10.0. The summed E-state index contributed by atoms with van der Waals surface area (Å²) < 4.78 is 5.28. The Bertz CT molecular complexity index is 938. The van der Waals surface area contributed by atoms with E-state index in [9.17, 15) is 4.79 Å². The van der Waals surface area contributed by atoms with E-state index in [-0.39, 0.29) is 5.91 Å². The van der Waals surface area contributed by atoms with Gasteiger partial charge in [-0.25, -0.2) is 9.97 Å². The fraction of sp³-hybridized carbons (Fsp3) is 0.190. The molecule has 0 N–H and O–H groups in total. The lowest BCUT2D eigenvalue weighted by Crippen LogP contribution is -2.36. The number of nitrogens with zero attached hydrogens (tertiary/aromatic N) is 3. The second-order valence-corrected chi connectivity index (χ2v) is 6.28. The van der Waals surface area contributed by atoms with Crippen molar-refractivity contribution < 1.29 is 9.53 Å². The summed E-state index contributed by atoms with van der Waals surface area (Å²) in [5.41, 5.74) is 4.87. The smallest absolute Gasteiger partial charge is 0.254 e. The first-order valence-corrected chi connectivity index (χ1v) is 8.56. The first kappa shape index (κ1) is 16.3. The summed E-state index contributed by atoms with van der Waals surface area (Å²) >= 11 is 0. The van der Waals surface area contributed by atoms with Gasteiger partial charge in [0, 0.05) is 36.8 Å². The fourth-order valence-corrected chi connectivity index (χ4v) is 3.23. The van der Waals surface area contributed by atoms with Gasteiger partial charge in [0.05, 0.1) is 12.8 Å². The normalized spacial score (nSPS) is 13.2. The summed E-state index contributed by atoms with van der Waals surface area (Å²) in [6.45, 7) is 1.24. The molecule has 0 fully saturated rings. The number of hydrogen-bond donors (Lipinski definition) is 0. The number of ether oxygens (including phenoxy) is 1. The molecule has 0 unspecified atom stereocenters. The quantitative estimate of drug-likeness (QED) is 0.730. The van der Waals surface area contributed by atoms with Crippen molar-refractivity contribution in [2.24, 2.45) is 0 Å². The number of hydrogen-bond acceptors (Lipinski definition) is 4. The van der Waals surface area contributed by atoms with Gasteiger partial charge in [-0.2, -0.15) is 0 Å². The molecule has 2 heterocycles. The van der Waals surface area contributed by atoms with Crippen LogP contribution < -0.4 is 4.74 Å². The van der Waals surface area contributed by atoms with Crippen LogP contribution in [0, 0.1) is 0 Å². The number of methoxy groups -OCH3 is 1. The van der Waals surface area contributed by atoms with Gasteiger partial charge in [-0.3, -0.25) is 4.79 Å². The average Bonchev–Trinajstić information content (AvgIpc) is 2.73. The summed E-state index contributed by atoms with van der Waals surface area (Å²) in [5.74, 6) is 0.855. The number of carbonyl (C=O) groups excluding carboxylic acids is 1. The molecule has 0 saturated carbocycles. The van der Waals surface area contributed by atoms with Gasteiger partial charge < -0.3 is 9.64 Å². The van der Waals surface area contributed by atoms with E-state index in [0.717, 1.165) is 34.6 Å². The molecule has 2 aromatic carbocycles. The van der Waals surface area contributed by atoms with Crippen LogP contribution in [0.4, 0.5) is 0 Å².